The van der Waals surface area contributed by atoms with Crippen LogP contribution in [0.4, 0.5) is 4.79 Å². The summed E-state index contributed by atoms with van der Waals surface area (Å²) in [5.41, 5.74) is -0.000873. The molecule has 7 nitrogen and oxygen atoms in total. The maximum atomic E-state index is 11.4. The Bertz CT molecular complexity index is 416. The van der Waals surface area contributed by atoms with Crippen molar-refractivity contribution in [1.82, 2.24) is 20.2 Å². The van der Waals surface area contributed by atoms with Crippen LogP contribution in [0.5, 0.6) is 0 Å². The van der Waals surface area contributed by atoms with Crippen molar-refractivity contribution in [3.05, 3.63) is 18.2 Å². The van der Waals surface area contributed by atoms with Gasteiger partial charge >= 0.3 is 12.0 Å². The number of carbonyl (C=O) groups is 2. The van der Waals surface area contributed by atoms with Crippen molar-refractivity contribution < 1.29 is 14.7 Å². The van der Waals surface area contributed by atoms with Crippen LogP contribution in [0, 0.1) is 0 Å². The topological polar surface area (TPSA) is 96.3 Å². The number of imidazole rings is 1. The first-order valence-electron chi connectivity index (χ1n) is 5.82. The molecule has 1 unspecified atom stereocenters. The highest BCUT2D eigenvalue weighted by molar-refractivity contribution is 5.84. The molecule has 7 heteroatoms. The van der Waals surface area contributed by atoms with Gasteiger partial charge in [0.1, 0.15) is 0 Å². The van der Waals surface area contributed by atoms with E-state index in [0.717, 1.165) is 6.42 Å². The molecule has 0 aliphatic carbocycles. The Hall–Kier alpha value is -2.05. The van der Waals surface area contributed by atoms with Crippen LogP contribution < -0.4 is 10.6 Å². The fourth-order valence-electron chi connectivity index (χ4n) is 1.27. The van der Waals surface area contributed by atoms with Gasteiger partial charge < -0.3 is 20.3 Å². The smallest absolute Gasteiger partial charge is 0.356 e. The van der Waals surface area contributed by atoms with Crippen LogP contribution in [-0.2, 0) is 6.54 Å². The number of aromatic carboxylic acids is 1. The lowest BCUT2D eigenvalue weighted by Crippen LogP contribution is -2.41. The lowest BCUT2D eigenvalue weighted by molar-refractivity contribution is 0.0691. The van der Waals surface area contributed by atoms with Gasteiger partial charge in [-0.25, -0.2) is 14.6 Å². The van der Waals surface area contributed by atoms with Crippen molar-refractivity contribution in [3.8, 4) is 0 Å². The van der Waals surface area contributed by atoms with E-state index in [-0.39, 0.29) is 17.8 Å². The van der Waals surface area contributed by atoms with Gasteiger partial charge in [0.25, 0.3) is 0 Å². The Balaban J connectivity index is 2.28. The standard InChI is InChI=1S/C11H18N4O3/c1-3-8(2)14-11(18)12-4-5-15-6-9(10(16)17)13-7-15/h6-8H,3-5H2,1-2H3,(H,16,17)(H2,12,14,18). The fraction of sp³-hybridized carbons (Fsp3) is 0.545. The molecule has 0 spiro atoms. The van der Waals surface area contributed by atoms with E-state index in [1.54, 1.807) is 4.57 Å². The molecule has 2 amide bonds. The summed E-state index contributed by atoms with van der Waals surface area (Å²) in [7, 11) is 0. The average Bonchev–Trinajstić information content (AvgIpc) is 2.77. The van der Waals surface area contributed by atoms with E-state index in [4.69, 9.17) is 5.11 Å². The van der Waals surface area contributed by atoms with Crippen molar-refractivity contribution in [3.63, 3.8) is 0 Å². The minimum atomic E-state index is -1.06. The van der Waals surface area contributed by atoms with E-state index < -0.39 is 5.97 Å². The maximum Gasteiger partial charge on any atom is 0.356 e. The summed E-state index contributed by atoms with van der Waals surface area (Å²) in [6, 6.07) is -0.0835. The molecule has 3 N–H and O–H groups in total. The first-order chi connectivity index (χ1) is 8.52. The van der Waals surface area contributed by atoms with Crippen LogP contribution in [0.15, 0.2) is 12.5 Å². The molecule has 18 heavy (non-hydrogen) atoms. The third-order valence-electron chi connectivity index (χ3n) is 2.50. The largest absolute Gasteiger partial charge is 0.476 e. The number of hydrogen-bond donors (Lipinski definition) is 3. The SMILES string of the molecule is CCC(C)NC(=O)NCCn1cnc(C(=O)O)c1. The number of urea groups is 1. The summed E-state index contributed by atoms with van der Waals surface area (Å²) in [4.78, 5) is 25.7. The van der Waals surface area contributed by atoms with Crippen LogP contribution in [0.1, 0.15) is 30.8 Å². The van der Waals surface area contributed by atoms with Gasteiger partial charge in [0.15, 0.2) is 5.69 Å². The number of nitrogens with one attached hydrogen (secondary N) is 2. The number of carboxylic acid groups (broad SMARTS) is 1. The van der Waals surface area contributed by atoms with Gasteiger partial charge in [-0.05, 0) is 13.3 Å². The third-order valence-corrected chi connectivity index (χ3v) is 2.50. The number of carbonyl (C=O) groups excluding carboxylic acids is 1. The van der Waals surface area contributed by atoms with Gasteiger partial charge in [0.2, 0.25) is 0 Å². The number of amides is 2. The molecule has 0 aliphatic heterocycles. The molecular weight excluding hydrogens is 236 g/mol. The van der Waals surface area contributed by atoms with Gasteiger partial charge in [0, 0.05) is 25.3 Å². The van der Waals surface area contributed by atoms with E-state index in [9.17, 15) is 9.59 Å². The Labute approximate surface area is 105 Å². The highest BCUT2D eigenvalue weighted by atomic mass is 16.4. The zero-order valence-electron chi connectivity index (χ0n) is 10.5. The van der Waals surface area contributed by atoms with Crippen LogP contribution in [0.25, 0.3) is 0 Å². The molecule has 0 fully saturated rings. The molecule has 1 rings (SSSR count). The van der Waals surface area contributed by atoms with Gasteiger partial charge in [-0.1, -0.05) is 6.92 Å². The summed E-state index contributed by atoms with van der Waals surface area (Å²) in [6.45, 7) is 4.81. The first-order valence-corrected chi connectivity index (χ1v) is 5.82. The van der Waals surface area contributed by atoms with Gasteiger partial charge in [0.05, 0.1) is 6.33 Å². The zero-order chi connectivity index (χ0) is 13.5. The van der Waals surface area contributed by atoms with Crippen molar-refractivity contribution >= 4 is 12.0 Å². The zero-order valence-corrected chi connectivity index (χ0v) is 10.5. The number of hydrogen-bond acceptors (Lipinski definition) is 3. The van der Waals surface area contributed by atoms with Crippen molar-refractivity contribution in [2.24, 2.45) is 0 Å². The van der Waals surface area contributed by atoms with Gasteiger partial charge in [-0.2, -0.15) is 0 Å². The van der Waals surface area contributed by atoms with Gasteiger partial charge in [-0.15, -0.1) is 0 Å². The molecule has 0 saturated heterocycles. The normalized spacial score (nSPS) is 11.9. The number of rotatable bonds is 6. The minimum Gasteiger partial charge on any atom is -0.476 e. The quantitative estimate of drug-likeness (QED) is 0.695. The van der Waals surface area contributed by atoms with Crippen LogP contribution >= 0.6 is 0 Å². The average molecular weight is 254 g/mol. The molecule has 1 heterocycles. The van der Waals surface area contributed by atoms with Crippen LogP contribution in [0.3, 0.4) is 0 Å². The van der Waals surface area contributed by atoms with E-state index in [1.165, 1.54) is 12.5 Å². The Kier molecular flexibility index (Phi) is 5.16. The summed E-state index contributed by atoms with van der Waals surface area (Å²) >= 11 is 0. The lowest BCUT2D eigenvalue weighted by Gasteiger charge is -2.12. The molecule has 1 aromatic rings. The maximum absolute atomic E-state index is 11.4. The molecule has 0 bridgehead atoms. The van der Waals surface area contributed by atoms with E-state index in [2.05, 4.69) is 15.6 Å². The van der Waals surface area contributed by atoms with Crippen LogP contribution in [-0.4, -0.2) is 39.2 Å². The first kappa shape index (κ1) is 14.0. The molecular formula is C11H18N4O3. The molecule has 100 valence electrons. The number of aromatic nitrogens is 2. The van der Waals surface area contributed by atoms with E-state index in [1.807, 2.05) is 13.8 Å². The number of nitrogens with zero attached hydrogens (tertiary/aromatic N) is 2. The molecule has 0 aliphatic rings. The number of carboxylic acids is 1. The Morgan fingerprint density at radius 2 is 2.28 bits per heavy atom. The van der Waals surface area contributed by atoms with E-state index >= 15 is 0 Å². The molecule has 0 saturated carbocycles. The minimum absolute atomic E-state index is 0.000873. The second kappa shape index (κ2) is 6.63. The molecule has 0 radical (unpaired) electrons. The van der Waals surface area contributed by atoms with Crippen molar-refractivity contribution in [2.45, 2.75) is 32.9 Å². The fourth-order valence-corrected chi connectivity index (χ4v) is 1.27. The third kappa shape index (κ3) is 4.44. The summed E-state index contributed by atoms with van der Waals surface area (Å²) in [5.74, 6) is -1.06. The van der Waals surface area contributed by atoms with Crippen molar-refractivity contribution in [1.29, 1.82) is 0 Å². The van der Waals surface area contributed by atoms with Gasteiger partial charge in [-0.3, -0.25) is 0 Å². The Morgan fingerprint density at radius 3 is 2.83 bits per heavy atom. The molecule has 1 atom stereocenters. The Morgan fingerprint density at radius 1 is 1.56 bits per heavy atom. The highest BCUT2D eigenvalue weighted by Gasteiger charge is 2.07. The van der Waals surface area contributed by atoms with E-state index in [0.29, 0.717) is 13.1 Å². The predicted molar refractivity (Wildman–Crippen MR) is 65.5 cm³/mol. The van der Waals surface area contributed by atoms with Crippen LogP contribution in [0.2, 0.25) is 0 Å². The lowest BCUT2D eigenvalue weighted by atomic mass is 10.3. The summed E-state index contributed by atoms with van der Waals surface area (Å²) < 4.78 is 1.62. The summed E-state index contributed by atoms with van der Waals surface area (Å²) in [5, 5.41) is 14.1. The second-order valence-corrected chi connectivity index (χ2v) is 4.01. The summed E-state index contributed by atoms with van der Waals surface area (Å²) in [6.07, 6.45) is 3.73. The second-order valence-electron chi connectivity index (χ2n) is 4.01. The highest BCUT2D eigenvalue weighted by Crippen LogP contribution is 1.95. The molecule has 0 aromatic carbocycles. The van der Waals surface area contributed by atoms with Crippen molar-refractivity contribution in [2.75, 3.05) is 6.54 Å². The molecule has 1 aromatic heterocycles. The monoisotopic (exact) mass is 254 g/mol. The predicted octanol–water partition coefficient (Wildman–Crippen LogP) is 0.679.